The number of rotatable bonds is 6. The molecule has 8 heteroatoms. The summed E-state index contributed by atoms with van der Waals surface area (Å²) < 4.78 is 41.7. The van der Waals surface area contributed by atoms with Gasteiger partial charge in [0.25, 0.3) is 5.91 Å². The maximum atomic E-state index is 13.0. The van der Waals surface area contributed by atoms with Crippen molar-refractivity contribution in [1.82, 2.24) is 4.90 Å². The highest BCUT2D eigenvalue weighted by Crippen LogP contribution is 2.20. The highest BCUT2D eigenvalue weighted by atomic mass is 32.2. The van der Waals surface area contributed by atoms with Crippen molar-refractivity contribution < 1.29 is 27.1 Å². The van der Waals surface area contributed by atoms with Gasteiger partial charge in [-0.25, -0.2) is 17.6 Å². The Morgan fingerprint density at radius 3 is 2.36 bits per heavy atom. The average molecular weight is 405 g/mol. The number of benzene rings is 2. The third-order valence-corrected chi connectivity index (χ3v) is 6.32. The van der Waals surface area contributed by atoms with Gasteiger partial charge in [-0.2, -0.15) is 0 Å². The molecule has 1 aliphatic heterocycles. The van der Waals surface area contributed by atoms with Gasteiger partial charge in [0, 0.05) is 12.6 Å². The van der Waals surface area contributed by atoms with Crippen LogP contribution < -0.4 is 0 Å². The number of hydrogen-bond donors (Lipinski definition) is 0. The van der Waals surface area contributed by atoms with Crippen molar-refractivity contribution >= 4 is 21.7 Å². The molecule has 0 N–H and O–H groups in total. The number of carbonyl (C=O) groups is 2. The second kappa shape index (κ2) is 8.52. The molecule has 0 spiro atoms. The monoisotopic (exact) mass is 405 g/mol. The lowest BCUT2D eigenvalue weighted by Crippen LogP contribution is -2.42. The van der Waals surface area contributed by atoms with E-state index in [1.807, 2.05) is 30.3 Å². The molecular formula is C20H20FNO5S. The summed E-state index contributed by atoms with van der Waals surface area (Å²) in [7, 11) is -3.18. The fourth-order valence-corrected chi connectivity index (χ4v) is 4.83. The first-order valence-electron chi connectivity index (χ1n) is 8.80. The van der Waals surface area contributed by atoms with Crippen LogP contribution in [0.15, 0.2) is 54.6 Å². The van der Waals surface area contributed by atoms with Gasteiger partial charge in [-0.05, 0) is 36.2 Å². The van der Waals surface area contributed by atoms with E-state index in [-0.39, 0.29) is 23.6 Å². The summed E-state index contributed by atoms with van der Waals surface area (Å²) in [6.45, 7) is -0.284. The lowest BCUT2D eigenvalue weighted by atomic mass is 10.1. The van der Waals surface area contributed by atoms with Gasteiger partial charge in [-0.3, -0.25) is 4.79 Å². The Labute approximate surface area is 162 Å². The molecular weight excluding hydrogens is 385 g/mol. The summed E-state index contributed by atoms with van der Waals surface area (Å²) in [4.78, 5) is 26.2. The van der Waals surface area contributed by atoms with Crippen LogP contribution in [0.2, 0.25) is 0 Å². The molecule has 2 aromatic rings. The van der Waals surface area contributed by atoms with E-state index in [1.54, 1.807) is 0 Å². The van der Waals surface area contributed by atoms with Crippen molar-refractivity contribution in [3.8, 4) is 0 Å². The topological polar surface area (TPSA) is 80.8 Å². The van der Waals surface area contributed by atoms with Gasteiger partial charge < -0.3 is 9.64 Å². The Balaban J connectivity index is 1.69. The van der Waals surface area contributed by atoms with E-state index in [9.17, 15) is 22.4 Å². The molecule has 1 heterocycles. The zero-order chi connectivity index (χ0) is 20.1. The quantitative estimate of drug-likeness (QED) is 0.689. The summed E-state index contributed by atoms with van der Waals surface area (Å²) in [5.74, 6) is -1.76. The van der Waals surface area contributed by atoms with E-state index in [0.29, 0.717) is 6.42 Å². The van der Waals surface area contributed by atoms with E-state index >= 15 is 0 Å². The highest BCUT2D eigenvalue weighted by Gasteiger charge is 2.35. The van der Waals surface area contributed by atoms with Crippen LogP contribution in [0.5, 0.6) is 0 Å². The van der Waals surface area contributed by atoms with Crippen molar-refractivity contribution in [2.45, 2.75) is 19.0 Å². The van der Waals surface area contributed by atoms with Gasteiger partial charge in [0.15, 0.2) is 16.4 Å². The molecule has 1 aliphatic rings. The highest BCUT2D eigenvalue weighted by molar-refractivity contribution is 7.91. The first-order valence-corrected chi connectivity index (χ1v) is 10.6. The Morgan fingerprint density at radius 1 is 1.07 bits per heavy atom. The number of sulfone groups is 1. The van der Waals surface area contributed by atoms with Gasteiger partial charge in [0.2, 0.25) is 0 Å². The molecule has 0 aromatic heterocycles. The number of halogens is 1. The Morgan fingerprint density at radius 2 is 1.75 bits per heavy atom. The van der Waals surface area contributed by atoms with Crippen molar-refractivity contribution in [2.24, 2.45) is 0 Å². The third-order valence-electron chi connectivity index (χ3n) is 4.57. The molecule has 28 heavy (non-hydrogen) atoms. The molecule has 6 nitrogen and oxygen atoms in total. The van der Waals surface area contributed by atoms with Crippen LogP contribution in [0, 0.1) is 5.82 Å². The largest absolute Gasteiger partial charge is 0.452 e. The van der Waals surface area contributed by atoms with Crippen molar-refractivity contribution in [3.63, 3.8) is 0 Å². The number of ether oxygens (including phenoxy) is 1. The summed E-state index contributed by atoms with van der Waals surface area (Å²) >= 11 is 0. The van der Waals surface area contributed by atoms with Crippen molar-refractivity contribution in [1.29, 1.82) is 0 Å². The second-order valence-electron chi connectivity index (χ2n) is 6.65. The van der Waals surface area contributed by atoms with E-state index in [1.165, 1.54) is 17.0 Å². The van der Waals surface area contributed by atoms with Crippen LogP contribution in [0.4, 0.5) is 4.39 Å². The molecule has 3 rings (SSSR count). The number of amides is 1. The van der Waals surface area contributed by atoms with Crippen LogP contribution in [0.3, 0.4) is 0 Å². The predicted molar refractivity (Wildman–Crippen MR) is 101 cm³/mol. The van der Waals surface area contributed by atoms with Gasteiger partial charge in [0.05, 0.1) is 17.1 Å². The molecule has 0 unspecified atom stereocenters. The van der Waals surface area contributed by atoms with E-state index in [4.69, 9.17) is 4.74 Å². The maximum Gasteiger partial charge on any atom is 0.338 e. The molecule has 0 radical (unpaired) electrons. The van der Waals surface area contributed by atoms with Crippen LogP contribution >= 0.6 is 0 Å². The second-order valence-corrected chi connectivity index (χ2v) is 8.88. The number of esters is 1. The SMILES string of the molecule is O=C(OCC(=O)N(Cc1ccccc1)[C@H]1CCS(=O)(=O)C1)c1ccc(F)cc1. The van der Waals surface area contributed by atoms with E-state index in [0.717, 1.165) is 17.7 Å². The predicted octanol–water partition coefficient (Wildman–Crippen LogP) is 2.20. The molecule has 2 aromatic carbocycles. The Hall–Kier alpha value is -2.74. The molecule has 1 atom stereocenters. The smallest absolute Gasteiger partial charge is 0.338 e. The minimum absolute atomic E-state index is 0.0333. The zero-order valence-electron chi connectivity index (χ0n) is 15.1. The van der Waals surface area contributed by atoms with Crippen LogP contribution in [0.25, 0.3) is 0 Å². The molecule has 0 aliphatic carbocycles. The summed E-state index contributed by atoms with van der Waals surface area (Å²) in [5.41, 5.74) is 0.984. The van der Waals surface area contributed by atoms with E-state index < -0.39 is 40.2 Å². The zero-order valence-corrected chi connectivity index (χ0v) is 15.9. The maximum absolute atomic E-state index is 13.0. The Kier molecular flexibility index (Phi) is 6.08. The molecule has 0 saturated carbocycles. The molecule has 148 valence electrons. The number of nitrogens with zero attached hydrogens (tertiary/aromatic N) is 1. The number of hydrogen-bond acceptors (Lipinski definition) is 5. The van der Waals surface area contributed by atoms with Crippen LogP contribution in [-0.4, -0.2) is 49.3 Å². The molecule has 1 saturated heterocycles. The molecule has 1 amide bonds. The Bertz CT molecular complexity index is 944. The van der Waals surface area contributed by atoms with Gasteiger partial charge in [-0.1, -0.05) is 30.3 Å². The summed E-state index contributed by atoms with van der Waals surface area (Å²) in [6, 6.07) is 13.5. The number of carbonyl (C=O) groups excluding carboxylic acids is 2. The molecule has 0 bridgehead atoms. The van der Waals surface area contributed by atoms with Crippen molar-refractivity contribution in [2.75, 3.05) is 18.1 Å². The first-order chi connectivity index (χ1) is 13.3. The van der Waals surface area contributed by atoms with Gasteiger partial charge in [-0.15, -0.1) is 0 Å². The van der Waals surface area contributed by atoms with Crippen LogP contribution in [-0.2, 0) is 25.9 Å². The van der Waals surface area contributed by atoms with E-state index in [2.05, 4.69) is 0 Å². The first kappa shape index (κ1) is 20.0. The normalized spacial score (nSPS) is 17.8. The molecule has 1 fully saturated rings. The third kappa shape index (κ3) is 5.16. The fraction of sp³-hybridized carbons (Fsp3) is 0.300. The minimum Gasteiger partial charge on any atom is -0.452 e. The van der Waals surface area contributed by atoms with Gasteiger partial charge >= 0.3 is 5.97 Å². The fourth-order valence-electron chi connectivity index (χ4n) is 3.10. The summed E-state index contributed by atoms with van der Waals surface area (Å²) in [5, 5.41) is 0. The lowest BCUT2D eigenvalue weighted by Gasteiger charge is -2.28. The van der Waals surface area contributed by atoms with Crippen LogP contribution in [0.1, 0.15) is 22.3 Å². The lowest BCUT2D eigenvalue weighted by molar-refractivity contribution is -0.137. The minimum atomic E-state index is -3.18. The standard InChI is InChI=1S/C20H20FNO5S/c21-17-8-6-16(7-9-17)20(24)27-13-19(23)22(12-15-4-2-1-3-5-15)18-10-11-28(25,26)14-18/h1-9,18H,10-14H2/t18-/m0/s1. The van der Waals surface area contributed by atoms with Gasteiger partial charge in [0.1, 0.15) is 5.82 Å². The average Bonchev–Trinajstić information content (AvgIpc) is 3.04. The van der Waals surface area contributed by atoms with Crippen molar-refractivity contribution in [3.05, 3.63) is 71.5 Å². The summed E-state index contributed by atoms with van der Waals surface area (Å²) in [6.07, 6.45) is 0.354.